The van der Waals surface area contributed by atoms with Crippen molar-refractivity contribution in [3.63, 3.8) is 0 Å². The molecule has 0 aliphatic carbocycles. The van der Waals surface area contributed by atoms with E-state index in [0.717, 1.165) is 33.5 Å². The van der Waals surface area contributed by atoms with Gasteiger partial charge in [0.2, 0.25) is 0 Å². The van der Waals surface area contributed by atoms with Crippen LogP contribution in [0.4, 0.5) is 0 Å². The van der Waals surface area contributed by atoms with Gasteiger partial charge < -0.3 is 5.32 Å². The lowest BCUT2D eigenvalue weighted by atomic mass is 10.1. The van der Waals surface area contributed by atoms with Crippen LogP contribution >= 0.6 is 0 Å². The van der Waals surface area contributed by atoms with Crippen molar-refractivity contribution >= 4 is 11.7 Å². The average molecular weight is 213 g/mol. The highest BCUT2D eigenvalue weighted by atomic mass is 15.1. The predicted molar refractivity (Wildman–Crippen MR) is 61.7 cm³/mol. The van der Waals surface area contributed by atoms with Gasteiger partial charge >= 0.3 is 0 Å². The van der Waals surface area contributed by atoms with Crippen LogP contribution in [0.3, 0.4) is 0 Å². The van der Waals surface area contributed by atoms with Crippen LogP contribution in [0.25, 0.3) is 0 Å². The Balaban J connectivity index is 2.37. The fraction of sp³-hybridized carbons (Fsp3) is 0.273. The van der Waals surface area contributed by atoms with Crippen molar-refractivity contribution in [2.75, 3.05) is 20.8 Å². The van der Waals surface area contributed by atoms with Crippen LogP contribution in [0.1, 0.15) is 11.1 Å². The first kappa shape index (κ1) is 9.21. The van der Waals surface area contributed by atoms with E-state index >= 15 is 0 Å². The van der Waals surface area contributed by atoms with Crippen molar-refractivity contribution in [2.24, 2.45) is 20.0 Å². The minimum absolute atomic E-state index is 0.531. The highest BCUT2D eigenvalue weighted by molar-refractivity contribution is 6.25. The first-order valence-electron chi connectivity index (χ1n) is 5.08. The third-order valence-electron chi connectivity index (χ3n) is 2.79. The maximum atomic E-state index is 4.31. The van der Waals surface area contributed by atoms with E-state index in [1.165, 1.54) is 0 Å². The van der Waals surface area contributed by atoms with Crippen LogP contribution < -0.4 is 16.0 Å². The molecule has 0 aromatic heterocycles. The van der Waals surface area contributed by atoms with E-state index in [9.17, 15) is 0 Å². The standard InChI is InChI=1S/C11H11N5/c1-12-10-6-3-8-9(15-5-14-8)4-7(6)11(13-2)16-10/h3-4H,5H2,1-2H3,(H,12,13,16). The second-order valence-electron chi connectivity index (χ2n) is 3.61. The van der Waals surface area contributed by atoms with Gasteiger partial charge in [0.15, 0.2) is 0 Å². The number of benzene rings is 1. The normalized spacial score (nSPS) is 21.4. The number of nitrogens with zero attached hydrogens (tertiary/aromatic N) is 4. The zero-order chi connectivity index (χ0) is 11.1. The van der Waals surface area contributed by atoms with Gasteiger partial charge in [-0.3, -0.25) is 20.0 Å². The van der Waals surface area contributed by atoms with Gasteiger partial charge in [-0.25, -0.2) is 0 Å². The number of aliphatic imine (C=N–C) groups is 2. The van der Waals surface area contributed by atoms with Crippen LogP contribution in [0.2, 0.25) is 0 Å². The molecular formula is C11H11N5. The number of hydrogen-bond donors (Lipinski definition) is 1. The Morgan fingerprint density at radius 1 is 1.00 bits per heavy atom. The Labute approximate surface area is 92.4 Å². The number of amidine groups is 2. The van der Waals surface area contributed by atoms with E-state index in [4.69, 9.17) is 0 Å². The molecule has 16 heavy (non-hydrogen) atoms. The quantitative estimate of drug-likeness (QED) is 0.606. The van der Waals surface area contributed by atoms with E-state index < -0.39 is 0 Å². The molecule has 5 heteroatoms. The van der Waals surface area contributed by atoms with Crippen LogP contribution in [-0.2, 0) is 0 Å². The maximum absolute atomic E-state index is 4.31. The molecule has 0 amide bonds. The maximum Gasteiger partial charge on any atom is 0.134 e. The van der Waals surface area contributed by atoms with E-state index in [1.807, 2.05) is 12.1 Å². The van der Waals surface area contributed by atoms with Crippen molar-refractivity contribution in [2.45, 2.75) is 0 Å². The first-order chi connectivity index (χ1) is 7.83. The minimum atomic E-state index is 0.531. The van der Waals surface area contributed by atoms with Gasteiger partial charge in [0, 0.05) is 25.2 Å². The largest absolute Gasteiger partial charge is 0.325 e. The molecule has 2 heterocycles. The van der Waals surface area contributed by atoms with Gasteiger partial charge in [-0.15, -0.1) is 0 Å². The lowest BCUT2D eigenvalue weighted by Crippen LogP contribution is -2.23. The molecule has 1 N–H and O–H groups in total. The van der Waals surface area contributed by atoms with Crippen LogP contribution in [0.15, 0.2) is 32.1 Å². The van der Waals surface area contributed by atoms with Gasteiger partial charge in [-0.2, -0.15) is 0 Å². The SMILES string of the molecule is CN=C1NC(=NC)c2cc3c(cc21)=NCN=3. The average Bonchev–Trinajstić information content (AvgIpc) is 2.88. The number of nitrogens with one attached hydrogen (secondary N) is 1. The summed E-state index contributed by atoms with van der Waals surface area (Å²) in [6.07, 6.45) is 0. The summed E-state index contributed by atoms with van der Waals surface area (Å²) in [6, 6.07) is 4.04. The molecule has 0 bridgehead atoms. The van der Waals surface area contributed by atoms with Crippen molar-refractivity contribution in [1.29, 1.82) is 0 Å². The molecular weight excluding hydrogens is 202 g/mol. The summed E-state index contributed by atoms with van der Waals surface area (Å²) < 4.78 is 0. The van der Waals surface area contributed by atoms with Crippen molar-refractivity contribution in [3.05, 3.63) is 34.0 Å². The summed E-state index contributed by atoms with van der Waals surface area (Å²) in [5, 5.41) is 5.06. The molecule has 0 saturated heterocycles. The highest BCUT2D eigenvalue weighted by Crippen LogP contribution is 2.13. The second-order valence-corrected chi connectivity index (χ2v) is 3.61. The highest BCUT2D eigenvalue weighted by Gasteiger charge is 2.23. The Morgan fingerprint density at radius 2 is 1.50 bits per heavy atom. The summed E-state index contributed by atoms with van der Waals surface area (Å²) >= 11 is 0. The van der Waals surface area contributed by atoms with E-state index in [-0.39, 0.29) is 0 Å². The van der Waals surface area contributed by atoms with Crippen LogP contribution in [-0.4, -0.2) is 32.4 Å². The molecule has 0 spiro atoms. The molecule has 0 atom stereocenters. The van der Waals surface area contributed by atoms with Gasteiger partial charge in [0.1, 0.15) is 18.3 Å². The molecule has 0 radical (unpaired) electrons. The van der Waals surface area contributed by atoms with Crippen molar-refractivity contribution in [3.8, 4) is 0 Å². The Kier molecular flexibility index (Phi) is 1.86. The summed E-state index contributed by atoms with van der Waals surface area (Å²) in [5.74, 6) is 1.70. The Hall–Kier alpha value is -2.04. The molecule has 0 saturated carbocycles. The van der Waals surface area contributed by atoms with Gasteiger partial charge in [0.05, 0.1) is 10.7 Å². The summed E-state index contributed by atoms with van der Waals surface area (Å²) in [5.41, 5.74) is 2.12. The van der Waals surface area contributed by atoms with Crippen LogP contribution in [0, 0.1) is 0 Å². The van der Waals surface area contributed by atoms with Gasteiger partial charge in [0.25, 0.3) is 0 Å². The van der Waals surface area contributed by atoms with E-state index in [2.05, 4.69) is 25.3 Å². The second kappa shape index (κ2) is 3.23. The smallest absolute Gasteiger partial charge is 0.134 e. The zero-order valence-corrected chi connectivity index (χ0v) is 9.15. The monoisotopic (exact) mass is 213 g/mol. The molecule has 1 aromatic carbocycles. The molecule has 3 rings (SSSR count). The molecule has 1 aromatic rings. The van der Waals surface area contributed by atoms with E-state index in [0.29, 0.717) is 6.67 Å². The number of hydrogen-bond acceptors (Lipinski definition) is 4. The predicted octanol–water partition coefficient (Wildman–Crippen LogP) is -0.747. The third kappa shape index (κ3) is 1.11. The Morgan fingerprint density at radius 3 is 1.94 bits per heavy atom. The number of rotatable bonds is 0. The topological polar surface area (TPSA) is 61.5 Å². The van der Waals surface area contributed by atoms with Crippen molar-refractivity contribution < 1.29 is 0 Å². The lowest BCUT2D eigenvalue weighted by Gasteiger charge is -1.95. The molecule has 2 aliphatic rings. The molecule has 5 nitrogen and oxygen atoms in total. The molecule has 0 fully saturated rings. The first-order valence-corrected chi connectivity index (χ1v) is 5.08. The molecule has 2 aliphatic heterocycles. The summed E-state index contributed by atoms with van der Waals surface area (Å²) in [7, 11) is 3.53. The summed E-state index contributed by atoms with van der Waals surface area (Å²) in [6.45, 7) is 0.531. The van der Waals surface area contributed by atoms with Gasteiger partial charge in [-0.1, -0.05) is 0 Å². The third-order valence-corrected chi connectivity index (χ3v) is 2.79. The molecule has 0 unspecified atom stereocenters. The molecule has 80 valence electrons. The minimum Gasteiger partial charge on any atom is -0.325 e. The number of fused-ring (bicyclic) bond motifs is 2. The van der Waals surface area contributed by atoms with Crippen molar-refractivity contribution in [1.82, 2.24) is 5.32 Å². The van der Waals surface area contributed by atoms with E-state index in [1.54, 1.807) is 14.1 Å². The van der Waals surface area contributed by atoms with Crippen LogP contribution in [0.5, 0.6) is 0 Å². The fourth-order valence-electron chi connectivity index (χ4n) is 2.01. The Bertz CT molecular complexity index is 584. The zero-order valence-electron chi connectivity index (χ0n) is 9.15. The lowest BCUT2D eigenvalue weighted by molar-refractivity contribution is 1.06. The summed E-state index contributed by atoms with van der Waals surface area (Å²) in [4.78, 5) is 17.0. The fourth-order valence-corrected chi connectivity index (χ4v) is 2.01. The van der Waals surface area contributed by atoms with Gasteiger partial charge in [-0.05, 0) is 12.1 Å².